The van der Waals surface area contributed by atoms with Crippen molar-refractivity contribution in [2.24, 2.45) is 11.3 Å². The maximum atomic E-state index is 11.5. The number of carbonyl (C=O) groups is 1. The Bertz CT molecular complexity index is 667. The normalized spacial score (nSPS) is 19.9. The second-order valence-electron chi connectivity index (χ2n) is 6.03. The summed E-state index contributed by atoms with van der Waals surface area (Å²) in [6.07, 6.45) is 5.18. The molecular weight excluding hydrogens is 272 g/mol. The van der Waals surface area contributed by atoms with Crippen LogP contribution < -0.4 is 4.90 Å². The van der Waals surface area contributed by atoms with E-state index in [0.717, 1.165) is 25.2 Å². The summed E-state index contributed by atoms with van der Waals surface area (Å²) in [5, 5.41) is 20.9. The van der Waals surface area contributed by atoms with Crippen LogP contribution in [0.2, 0.25) is 0 Å². The van der Waals surface area contributed by atoms with Gasteiger partial charge in [0.05, 0.1) is 17.8 Å². The summed E-state index contributed by atoms with van der Waals surface area (Å²) >= 11 is 0. The number of aromatic nitrogens is 5. The molecule has 0 saturated carbocycles. The van der Waals surface area contributed by atoms with Gasteiger partial charge in [0.1, 0.15) is 0 Å². The number of carboxylic acids is 1. The van der Waals surface area contributed by atoms with Crippen molar-refractivity contribution in [1.29, 1.82) is 0 Å². The van der Waals surface area contributed by atoms with Crippen LogP contribution in [-0.2, 0) is 4.79 Å². The first kappa shape index (κ1) is 13.7. The summed E-state index contributed by atoms with van der Waals surface area (Å²) in [5.41, 5.74) is -0.159. The van der Waals surface area contributed by atoms with Crippen molar-refractivity contribution in [3.63, 3.8) is 0 Å². The van der Waals surface area contributed by atoms with Crippen molar-refractivity contribution in [1.82, 2.24) is 25.0 Å². The number of fused-ring (bicyclic) bond motifs is 1. The minimum Gasteiger partial charge on any atom is -0.481 e. The van der Waals surface area contributed by atoms with Gasteiger partial charge >= 0.3 is 5.97 Å². The lowest BCUT2D eigenvalue weighted by molar-refractivity contribution is -0.150. The quantitative estimate of drug-likeness (QED) is 0.894. The zero-order valence-electron chi connectivity index (χ0n) is 12.1. The van der Waals surface area contributed by atoms with E-state index in [4.69, 9.17) is 0 Å². The molecule has 1 N–H and O–H groups in total. The second-order valence-corrected chi connectivity index (χ2v) is 6.03. The highest BCUT2D eigenvalue weighted by Crippen LogP contribution is 2.35. The van der Waals surface area contributed by atoms with E-state index >= 15 is 0 Å². The van der Waals surface area contributed by atoms with Crippen molar-refractivity contribution in [2.45, 2.75) is 26.7 Å². The first-order valence-corrected chi connectivity index (χ1v) is 7.00. The molecule has 0 bridgehead atoms. The Morgan fingerprint density at radius 2 is 2.24 bits per heavy atom. The Kier molecular flexibility index (Phi) is 3.23. The summed E-state index contributed by atoms with van der Waals surface area (Å²) in [6.45, 7) is 5.10. The third-order valence-corrected chi connectivity index (χ3v) is 4.41. The molecule has 0 aliphatic carbocycles. The van der Waals surface area contributed by atoms with Crippen LogP contribution in [0, 0.1) is 11.3 Å². The Labute approximate surface area is 121 Å². The summed E-state index contributed by atoms with van der Waals surface area (Å²) < 4.78 is 1.64. The van der Waals surface area contributed by atoms with Gasteiger partial charge in [-0.1, -0.05) is 0 Å². The van der Waals surface area contributed by atoms with Crippen LogP contribution in [0.1, 0.15) is 26.7 Å². The van der Waals surface area contributed by atoms with Gasteiger partial charge < -0.3 is 10.0 Å². The standard InChI is InChI=1S/C13H18N6O2/c1-13(2,12(20)21)9-4-3-5-18(8-9)11-7-14-6-10-15-16-17-19(10)11/h6-7,9H,3-5,8H2,1-2H3,(H,20,21). The third-order valence-electron chi connectivity index (χ3n) is 4.41. The van der Waals surface area contributed by atoms with Crippen LogP contribution in [0.4, 0.5) is 5.82 Å². The number of piperidine rings is 1. The van der Waals surface area contributed by atoms with E-state index in [-0.39, 0.29) is 5.92 Å². The van der Waals surface area contributed by atoms with E-state index in [1.165, 1.54) is 0 Å². The van der Waals surface area contributed by atoms with Gasteiger partial charge in [-0.05, 0) is 43.0 Å². The third kappa shape index (κ3) is 2.30. The topological polar surface area (TPSA) is 96.5 Å². The fourth-order valence-corrected chi connectivity index (χ4v) is 2.83. The first-order chi connectivity index (χ1) is 10.00. The minimum atomic E-state index is -0.756. The number of carboxylic acid groups (broad SMARTS) is 1. The number of hydrogen-bond donors (Lipinski definition) is 1. The zero-order valence-corrected chi connectivity index (χ0v) is 12.1. The molecule has 1 fully saturated rings. The fraction of sp³-hybridized carbons (Fsp3) is 0.615. The number of nitrogens with zero attached hydrogens (tertiary/aromatic N) is 6. The molecule has 1 unspecified atom stereocenters. The van der Waals surface area contributed by atoms with Gasteiger partial charge in [0.2, 0.25) is 0 Å². The van der Waals surface area contributed by atoms with Gasteiger partial charge in [-0.25, -0.2) is 0 Å². The van der Waals surface area contributed by atoms with Crippen LogP contribution in [0.5, 0.6) is 0 Å². The van der Waals surface area contributed by atoms with Crippen LogP contribution in [0.15, 0.2) is 12.4 Å². The average Bonchev–Trinajstić information content (AvgIpc) is 2.95. The van der Waals surface area contributed by atoms with Crippen LogP contribution >= 0.6 is 0 Å². The highest BCUT2D eigenvalue weighted by Gasteiger charge is 2.39. The maximum absolute atomic E-state index is 11.5. The van der Waals surface area contributed by atoms with E-state index in [9.17, 15) is 9.90 Å². The van der Waals surface area contributed by atoms with Crippen molar-refractivity contribution in [2.75, 3.05) is 18.0 Å². The summed E-state index contributed by atoms with van der Waals surface area (Å²) in [6, 6.07) is 0. The van der Waals surface area contributed by atoms with Gasteiger partial charge in [-0.3, -0.25) is 9.78 Å². The minimum absolute atomic E-state index is 0.0792. The molecule has 0 aromatic carbocycles. The SMILES string of the molecule is CC(C)(C(=O)O)C1CCCN(c2cncc3nnnn23)C1. The molecular formula is C13H18N6O2. The van der Waals surface area contributed by atoms with Crippen LogP contribution in [0.25, 0.3) is 5.65 Å². The van der Waals surface area contributed by atoms with Crippen molar-refractivity contribution in [3.05, 3.63) is 12.4 Å². The molecule has 1 saturated heterocycles. The van der Waals surface area contributed by atoms with E-state index in [1.807, 2.05) is 0 Å². The lowest BCUT2D eigenvalue weighted by Crippen LogP contribution is -2.45. The Morgan fingerprint density at radius 1 is 1.43 bits per heavy atom. The van der Waals surface area contributed by atoms with Gasteiger partial charge in [-0.2, -0.15) is 4.52 Å². The molecule has 112 valence electrons. The Balaban J connectivity index is 1.90. The Hall–Kier alpha value is -2.25. The largest absolute Gasteiger partial charge is 0.481 e. The predicted octanol–water partition coefficient (Wildman–Crippen LogP) is 0.846. The highest BCUT2D eigenvalue weighted by atomic mass is 16.4. The average molecular weight is 290 g/mol. The molecule has 1 aliphatic heterocycles. The smallest absolute Gasteiger partial charge is 0.309 e. The van der Waals surface area contributed by atoms with Gasteiger partial charge in [-0.15, -0.1) is 5.10 Å². The number of aliphatic carboxylic acids is 1. The molecule has 1 atom stereocenters. The molecule has 0 radical (unpaired) electrons. The highest BCUT2D eigenvalue weighted by molar-refractivity contribution is 5.74. The fourth-order valence-electron chi connectivity index (χ4n) is 2.83. The number of anilines is 1. The zero-order chi connectivity index (χ0) is 15.0. The van der Waals surface area contributed by atoms with Crippen molar-refractivity contribution in [3.8, 4) is 0 Å². The molecule has 3 heterocycles. The molecule has 2 aromatic rings. The van der Waals surface area contributed by atoms with Crippen molar-refractivity contribution >= 4 is 17.4 Å². The Morgan fingerprint density at radius 3 is 3.00 bits per heavy atom. The predicted molar refractivity (Wildman–Crippen MR) is 74.9 cm³/mol. The molecule has 8 heteroatoms. The lowest BCUT2D eigenvalue weighted by atomic mass is 9.74. The molecule has 2 aromatic heterocycles. The first-order valence-electron chi connectivity index (χ1n) is 7.00. The van der Waals surface area contributed by atoms with E-state index in [2.05, 4.69) is 25.4 Å². The second kappa shape index (κ2) is 4.94. The molecule has 0 amide bonds. The van der Waals surface area contributed by atoms with Crippen LogP contribution in [0.3, 0.4) is 0 Å². The lowest BCUT2D eigenvalue weighted by Gasteiger charge is -2.39. The number of hydrogen-bond acceptors (Lipinski definition) is 6. The molecule has 0 spiro atoms. The van der Waals surface area contributed by atoms with Crippen LogP contribution in [-0.4, -0.2) is 49.2 Å². The monoisotopic (exact) mass is 290 g/mol. The molecule has 21 heavy (non-hydrogen) atoms. The van der Waals surface area contributed by atoms with Gasteiger partial charge in [0.15, 0.2) is 11.5 Å². The molecule has 8 nitrogen and oxygen atoms in total. The molecule has 3 rings (SSSR count). The number of tetrazole rings is 1. The van der Waals surface area contributed by atoms with Crippen molar-refractivity contribution < 1.29 is 9.90 Å². The van der Waals surface area contributed by atoms with Gasteiger partial charge in [0.25, 0.3) is 0 Å². The van der Waals surface area contributed by atoms with E-state index in [1.54, 1.807) is 30.8 Å². The summed E-state index contributed by atoms with van der Waals surface area (Å²) in [4.78, 5) is 17.7. The van der Waals surface area contributed by atoms with Gasteiger partial charge in [0, 0.05) is 13.1 Å². The molecule has 1 aliphatic rings. The van der Waals surface area contributed by atoms with E-state index < -0.39 is 11.4 Å². The number of rotatable bonds is 3. The summed E-state index contributed by atoms with van der Waals surface area (Å²) in [5.74, 6) is 0.131. The maximum Gasteiger partial charge on any atom is 0.309 e. The van der Waals surface area contributed by atoms with E-state index in [0.29, 0.717) is 12.2 Å². The summed E-state index contributed by atoms with van der Waals surface area (Å²) in [7, 11) is 0.